The fraction of sp³-hybridized carbons (Fsp3) is 0.550. The van der Waals surface area contributed by atoms with E-state index in [0.717, 1.165) is 25.0 Å². The zero-order valence-electron chi connectivity index (χ0n) is 17.8. The molecule has 2 aromatic heterocycles. The summed E-state index contributed by atoms with van der Waals surface area (Å²) in [5.74, 6) is 0.817. The van der Waals surface area contributed by atoms with Crippen molar-refractivity contribution >= 4 is 29.6 Å². The van der Waals surface area contributed by atoms with Crippen LogP contribution in [0, 0.1) is 6.92 Å². The van der Waals surface area contributed by atoms with Gasteiger partial charge in [0.05, 0.1) is 7.11 Å². The molecular weight excluding hydrogens is 402 g/mol. The molecule has 2 fully saturated rings. The number of rotatable bonds is 5. The molecule has 31 heavy (non-hydrogen) atoms. The number of hydrogen-bond donors (Lipinski definition) is 3. The minimum absolute atomic E-state index is 0.00846. The molecule has 11 heteroatoms. The third-order valence-electron chi connectivity index (χ3n) is 6.10. The summed E-state index contributed by atoms with van der Waals surface area (Å²) < 4.78 is 4.86. The highest BCUT2D eigenvalue weighted by atomic mass is 16.5. The van der Waals surface area contributed by atoms with Crippen LogP contribution >= 0.6 is 0 Å². The summed E-state index contributed by atoms with van der Waals surface area (Å²) in [6.45, 7) is 1.89. The number of carbonyl (C=O) groups is 2. The van der Waals surface area contributed by atoms with E-state index in [1.807, 2.05) is 24.9 Å². The molecule has 3 N–H and O–H groups in total. The maximum atomic E-state index is 12.2. The minimum atomic E-state index is -0.847. The number of aromatic nitrogens is 4. The Hall–Kier alpha value is -3.37. The van der Waals surface area contributed by atoms with Gasteiger partial charge in [-0.1, -0.05) is 0 Å². The Labute approximate surface area is 179 Å². The Morgan fingerprint density at radius 2 is 1.94 bits per heavy atom. The number of carboxylic acid groups (broad SMARTS) is 1. The van der Waals surface area contributed by atoms with Crippen molar-refractivity contribution < 1.29 is 19.4 Å². The van der Waals surface area contributed by atoms with Gasteiger partial charge in [-0.2, -0.15) is 10.1 Å². The van der Waals surface area contributed by atoms with Gasteiger partial charge in [0.15, 0.2) is 11.5 Å². The third kappa shape index (κ3) is 4.25. The molecule has 2 aliphatic heterocycles. The quantitative estimate of drug-likeness (QED) is 0.612. The maximum absolute atomic E-state index is 12.2. The summed E-state index contributed by atoms with van der Waals surface area (Å²) >= 11 is 0. The van der Waals surface area contributed by atoms with Gasteiger partial charge in [-0.25, -0.2) is 14.6 Å². The van der Waals surface area contributed by atoms with Gasteiger partial charge in [0.1, 0.15) is 5.82 Å². The number of nitrogens with one attached hydrogen (secondary N) is 2. The van der Waals surface area contributed by atoms with E-state index in [-0.39, 0.29) is 23.8 Å². The zero-order valence-corrected chi connectivity index (χ0v) is 17.8. The molecule has 1 amide bonds. The van der Waals surface area contributed by atoms with Crippen molar-refractivity contribution in [2.45, 2.75) is 57.2 Å². The predicted octanol–water partition coefficient (Wildman–Crippen LogP) is 2.54. The van der Waals surface area contributed by atoms with E-state index in [9.17, 15) is 14.7 Å². The van der Waals surface area contributed by atoms with Crippen molar-refractivity contribution in [3.63, 3.8) is 0 Å². The lowest BCUT2D eigenvalue weighted by molar-refractivity contribution is 0.0350. The Kier molecular flexibility index (Phi) is 5.66. The summed E-state index contributed by atoms with van der Waals surface area (Å²) in [5, 5.41) is 19.7. The number of H-pyrrole nitrogens is 1. The summed E-state index contributed by atoms with van der Waals surface area (Å²) in [4.78, 5) is 36.5. The standard InChI is InChI=1S/C20H27N7O4/c1-11-7-17(25-24-11)22-16-10-15(18(28)31-3)21-19(23-16)26(2)14-8-12-5-4-6-13(9-14)27(12)20(29)30/h7,10,12-14H,4-6,8-9H2,1-3H3,(H,29,30)(H2,21,22,23,24,25)/t12-,13+,14?. The molecule has 1 unspecified atom stereocenters. The number of anilines is 3. The van der Waals surface area contributed by atoms with Crippen LogP contribution in [0.1, 0.15) is 48.3 Å². The van der Waals surface area contributed by atoms with Gasteiger partial charge in [-0.3, -0.25) is 5.10 Å². The van der Waals surface area contributed by atoms with E-state index in [1.54, 1.807) is 4.90 Å². The van der Waals surface area contributed by atoms with E-state index in [0.29, 0.717) is 30.4 Å². The first-order chi connectivity index (χ1) is 14.9. The lowest BCUT2D eigenvalue weighted by Gasteiger charge is -2.49. The molecule has 0 spiro atoms. The smallest absolute Gasteiger partial charge is 0.407 e. The van der Waals surface area contributed by atoms with E-state index in [2.05, 4.69) is 25.5 Å². The number of methoxy groups -OCH3 is 1. The van der Waals surface area contributed by atoms with Crippen molar-refractivity contribution in [1.29, 1.82) is 0 Å². The Balaban J connectivity index is 1.60. The average Bonchev–Trinajstić information content (AvgIpc) is 3.15. The Bertz CT molecular complexity index is 964. The Morgan fingerprint density at radius 1 is 1.23 bits per heavy atom. The van der Waals surface area contributed by atoms with Crippen LogP contribution in [0.4, 0.5) is 22.4 Å². The van der Waals surface area contributed by atoms with E-state index < -0.39 is 12.1 Å². The van der Waals surface area contributed by atoms with Gasteiger partial charge in [0.2, 0.25) is 5.95 Å². The first kappa shape index (κ1) is 20.9. The number of ether oxygens (including phenoxy) is 1. The normalized spacial score (nSPS) is 22.7. The molecule has 0 aromatic carbocycles. The van der Waals surface area contributed by atoms with Crippen molar-refractivity contribution in [3.05, 3.63) is 23.5 Å². The van der Waals surface area contributed by atoms with Gasteiger partial charge in [0, 0.05) is 43.0 Å². The fourth-order valence-corrected chi connectivity index (χ4v) is 4.62. The number of fused-ring (bicyclic) bond motifs is 2. The number of nitrogens with zero attached hydrogens (tertiary/aromatic N) is 5. The molecule has 2 saturated heterocycles. The lowest BCUT2D eigenvalue weighted by atomic mass is 9.81. The summed E-state index contributed by atoms with van der Waals surface area (Å²) in [6, 6.07) is 3.40. The SMILES string of the molecule is COC(=O)c1cc(Nc2cc(C)[nH]n2)nc(N(C)C2C[C@H]3CCC[C@@H](C2)N3C(=O)O)n1. The van der Waals surface area contributed by atoms with E-state index >= 15 is 0 Å². The third-order valence-corrected chi connectivity index (χ3v) is 6.10. The summed E-state index contributed by atoms with van der Waals surface area (Å²) in [7, 11) is 3.19. The summed E-state index contributed by atoms with van der Waals surface area (Å²) in [6.07, 6.45) is 3.32. The number of piperidine rings is 2. The van der Waals surface area contributed by atoms with Crippen LogP contribution in [0.2, 0.25) is 0 Å². The van der Waals surface area contributed by atoms with Crippen LogP contribution < -0.4 is 10.2 Å². The van der Waals surface area contributed by atoms with Gasteiger partial charge in [-0.05, 0) is 39.0 Å². The second kappa shape index (κ2) is 8.40. The van der Waals surface area contributed by atoms with Crippen molar-refractivity contribution in [3.8, 4) is 0 Å². The van der Waals surface area contributed by atoms with Crippen LogP contribution in [-0.2, 0) is 4.74 Å². The monoisotopic (exact) mass is 429 g/mol. The lowest BCUT2D eigenvalue weighted by Crippen LogP contribution is -2.58. The first-order valence-electron chi connectivity index (χ1n) is 10.4. The highest BCUT2D eigenvalue weighted by Crippen LogP contribution is 2.36. The number of amides is 1. The average molecular weight is 429 g/mol. The molecule has 4 rings (SSSR count). The Morgan fingerprint density at radius 3 is 2.52 bits per heavy atom. The molecule has 2 aliphatic rings. The number of aromatic amines is 1. The summed E-state index contributed by atoms with van der Waals surface area (Å²) in [5.41, 5.74) is 1.02. The van der Waals surface area contributed by atoms with E-state index in [1.165, 1.54) is 13.2 Å². The van der Waals surface area contributed by atoms with Crippen molar-refractivity contribution in [1.82, 2.24) is 25.1 Å². The molecule has 2 bridgehead atoms. The molecule has 3 atom stereocenters. The molecule has 2 aromatic rings. The largest absolute Gasteiger partial charge is 0.465 e. The number of aryl methyl sites for hydroxylation is 1. The number of esters is 1. The van der Waals surface area contributed by atoms with Crippen LogP contribution in [0.3, 0.4) is 0 Å². The molecule has 0 saturated carbocycles. The van der Waals surface area contributed by atoms with Crippen LogP contribution in [0.15, 0.2) is 12.1 Å². The highest BCUT2D eigenvalue weighted by molar-refractivity contribution is 5.88. The molecule has 166 valence electrons. The van der Waals surface area contributed by atoms with E-state index in [4.69, 9.17) is 4.74 Å². The molecule has 11 nitrogen and oxygen atoms in total. The van der Waals surface area contributed by atoms with Gasteiger partial charge in [-0.15, -0.1) is 0 Å². The highest BCUT2D eigenvalue weighted by Gasteiger charge is 2.42. The van der Waals surface area contributed by atoms with Crippen molar-refractivity contribution in [2.24, 2.45) is 0 Å². The van der Waals surface area contributed by atoms with Crippen LogP contribution in [-0.4, -0.2) is 74.5 Å². The molecule has 0 radical (unpaired) electrons. The van der Waals surface area contributed by atoms with Gasteiger partial charge >= 0.3 is 12.1 Å². The maximum Gasteiger partial charge on any atom is 0.407 e. The van der Waals surface area contributed by atoms with Gasteiger partial charge in [0.25, 0.3) is 0 Å². The molecule has 4 heterocycles. The number of hydrogen-bond acceptors (Lipinski definition) is 8. The van der Waals surface area contributed by atoms with Gasteiger partial charge < -0.3 is 25.0 Å². The predicted molar refractivity (Wildman–Crippen MR) is 113 cm³/mol. The number of carbonyl (C=O) groups excluding carboxylic acids is 1. The van der Waals surface area contributed by atoms with Crippen LogP contribution in [0.5, 0.6) is 0 Å². The second-order valence-corrected chi connectivity index (χ2v) is 8.16. The van der Waals surface area contributed by atoms with Crippen LogP contribution in [0.25, 0.3) is 0 Å². The zero-order chi connectivity index (χ0) is 22.1. The fourth-order valence-electron chi connectivity index (χ4n) is 4.62. The molecule has 0 aliphatic carbocycles. The first-order valence-corrected chi connectivity index (χ1v) is 10.4. The second-order valence-electron chi connectivity index (χ2n) is 8.16. The topological polar surface area (TPSA) is 137 Å². The minimum Gasteiger partial charge on any atom is -0.465 e. The molecular formula is C20H27N7O4. The van der Waals surface area contributed by atoms with Crippen molar-refractivity contribution in [2.75, 3.05) is 24.4 Å².